The zero-order valence-electron chi connectivity index (χ0n) is 9.87. The van der Waals surface area contributed by atoms with E-state index < -0.39 is 0 Å². The minimum absolute atomic E-state index is 0.172. The standard InChI is InChI=1S/C12H16ClN3O/c1-2-12(6-3-7-12)8-14-11(17)9-4-5-10(13)16-15-9/h4-5H,2-3,6-8H2,1H3,(H,14,17). The molecule has 0 aliphatic heterocycles. The fourth-order valence-corrected chi connectivity index (χ4v) is 2.23. The molecule has 1 aliphatic carbocycles. The van der Waals surface area contributed by atoms with Gasteiger partial charge in [0.1, 0.15) is 0 Å². The number of rotatable bonds is 4. The van der Waals surface area contributed by atoms with Crippen LogP contribution in [0.2, 0.25) is 5.15 Å². The SMILES string of the molecule is CCC1(CNC(=O)c2ccc(Cl)nn2)CCC1. The highest BCUT2D eigenvalue weighted by Crippen LogP contribution is 2.43. The molecule has 1 heterocycles. The lowest BCUT2D eigenvalue weighted by molar-refractivity contribution is 0.0844. The van der Waals surface area contributed by atoms with E-state index in [4.69, 9.17) is 11.6 Å². The van der Waals surface area contributed by atoms with Gasteiger partial charge in [0.05, 0.1) is 0 Å². The fraction of sp³-hybridized carbons (Fsp3) is 0.583. The topological polar surface area (TPSA) is 54.9 Å². The minimum atomic E-state index is -0.172. The molecule has 4 nitrogen and oxygen atoms in total. The molecule has 92 valence electrons. The molecule has 0 aromatic carbocycles. The second-order valence-corrected chi connectivity index (χ2v) is 5.02. The van der Waals surface area contributed by atoms with Gasteiger partial charge in [-0.2, -0.15) is 0 Å². The second kappa shape index (κ2) is 5.00. The van der Waals surface area contributed by atoms with Gasteiger partial charge in [-0.05, 0) is 36.8 Å². The molecule has 0 saturated heterocycles. The van der Waals surface area contributed by atoms with E-state index in [2.05, 4.69) is 22.4 Å². The number of nitrogens with zero attached hydrogens (tertiary/aromatic N) is 2. The Balaban J connectivity index is 1.91. The van der Waals surface area contributed by atoms with E-state index in [0.717, 1.165) is 13.0 Å². The van der Waals surface area contributed by atoms with Gasteiger partial charge in [-0.25, -0.2) is 0 Å². The Morgan fingerprint density at radius 1 is 1.47 bits per heavy atom. The number of hydrogen-bond acceptors (Lipinski definition) is 3. The van der Waals surface area contributed by atoms with Gasteiger partial charge < -0.3 is 5.32 Å². The van der Waals surface area contributed by atoms with E-state index in [0.29, 0.717) is 16.3 Å². The molecule has 1 saturated carbocycles. The molecular weight excluding hydrogens is 238 g/mol. The van der Waals surface area contributed by atoms with Crippen LogP contribution in [0.25, 0.3) is 0 Å². The van der Waals surface area contributed by atoms with Gasteiger partial charge in [-0.3, -0.25) is 4.79 Å². The van der Waals surface area contributed by atoms with Crippen molar-refractivity contribution in [3.8, 4) is 0 Å². The van der Waals surface area contributed by atoms with Crippen molar-refractivity contribution in [1.29, 1.82) is 0 Å². The summed E-state index contributed by atoms with van der Waals surface area (Å²) in [6.07, 6.45) is 4.79. The number of carbonyl (C=O) groups excluding carboxylic acids is 1. The summed E-state index contributed by atoms with van der Waals surface area (Å²) in [5.74, 6) is -0.172. The van der Waals surface area contributed by atoms with Gasteiger partial charge >= 0.3 is 0 Å². The molecule has 1 N–H and O–H groups in total. The van der Waals surface area contributed by atoms with Crippen molar-refractivity contribution in [2.75, 3.05) is 6.54 Å². The van der Waals surface area contributed by atoms with Crippen molar-refractivity contribution < 1.29 is 4.79 Å². The van der Waals surface area contributed by atoms with Gasteiger partial charge in [0.25, 0.3) is 5.91 Å². The van der Waals surface area contributed by atoms with Gasteiger partial charge in [-0.1, -0.05) is 24.9 Å². The van der Waals surface area contributed by atoms with Crippen LogP contribution in [-0.2, 0) is 0 Å². The molecule has 1 amide bonds. The lowest BCUT2D eigenvalue weighted by Gasteiger charge is -2.41. The summed E-state index contributed by atoms with van der Waals surface area (Å²) in [4.78, 5) is 11.8. The maximum atomic E-state index is 11.8. The Morgan fingerprint density at radius 2 is 2.24 bits per heavy atom. The first kappa shape index (κ1) is 12.3. The van der Waals surface area contributed by atoms with Crippen LogP contribution < -0.4 is 5.32 Å². The van der Waals surface area contributed by atoms with Crippen LogP contribution in [0.5, 0.6) is 0 Å². The van der Waals surface area contributed by atoms with E-state index in [1.807, 2.05) is 0 Å². The third-order valence-corrected chi connectivity index (χ3v) is 3.85. The van der Waals surface area contributed by atoms with Crippen molar-refractivity contribution >= 4 is 17.5 Å². The summed E-state index contributed by atoms with van der Waals surface area (Å²) < 4.78 is 0. The molecule has 0 spiro atoms. The summed E-state index contributed by atoms with van der Waals surface area (Å²) in [5.41, 5.74) is 0.634. The Labute approximate surface area is 106 Å². The van der Waals surface area contributed by atoms with Crippen molar-refractivity contribution in [2.24, 2.45) is 5.41 Å². The van der Waals surface area contributed by atoms with Gasteiger partial charge in [0.15, 0.2) is 10.8 Å². The average molecular weight is 254 g/mol. The summed E-state index contributed by atoms with van der Waals surface area (Å²) in [6.45, 7) is 2.90. The molecule has 5 heteroatoms. The molecule has 1 aromatic heterocycles. The molecule has 2 rings (SSSR count). The zero-order valence-corrected chi connectivity index (χ0v) is 10.6. The van der Waals surface area contributed by atoms with Crippen molar-refractivity contribution in [3.63, 3.8) is 0 Å². The molecular formula is C12H16ClN3O. The molecule has 1 aliphatic rings. The normalized spacial score (nSPS) is 17.3. The van der Waals surface area contributed by atoms with Crippen molar-refractivity contribution in [1.82, 2.24) is 15.5 Å². The largest absolute Gasteiger partial charge is 0.350 e. The average Bonchev–Trinajstić information content (AvgIpc) is 2.29. The van der Waals surface area contributed by atoms with Gasteiger partial charge in [-0.15, -0.1) is 10.2 Å². The summed E-state index contributed by atoms with van der Waals surface area (Å²) in [5, 5.41) is 10.6. The number of aromatic nitrogens is 2. The van der Waals surface area contributed by atoms with E-state index in [-0.39, 0.29) is 5.91 Å². The third kappa shape index (κ3) is 2.75. The number of amides is 1. The van der Waals surface area contributed by atoms with Crippen LogP contribution >= 0.6 is 11.6 Å². The number of halogens is 1. The molecule has 1 aromatic rings. The quantitative estimate of drug-likeness (QED) is 0.897. The highest BCUT2D eigenvalue weighted by molar-refractivity contribution is 6.29. The highest BCUT2D eigenvalue weighted by Gasteiger charge is 2.35. The maximum Gasteiger partial charge on any atom is 0.271 e. The Bertz CT molecular complexity index is 395. The Kier molecular flexibility index (Phi) is 3.62. The fourth-order valence-electron chi connectivity index (χ4n) is 2.13. The molecule has 0 atom stereocenters. The third-order valence-electron chi connectivity index (χ3n) is 3.65. The molecule has 1 fully saturated rings. The monoisotopic (exact) mass is 253 g/mol. The van der Waals surface area contributed by atoms with Crippen LogP contribution in [0.1, 0.15) is 43.1 Å². The highest BCUT2D eigenvalue weighted by atomic mass is 35.5. The first-order valence-electron chi connectivity index (χ1n) is 5.93. The predicted octanol–water partition coefficient (Wildman–Crippen LogP) is 2.44. The lowest BCUT2D eigenvalue weighted by Crippen LogP contribution is -2.41. The summed E-state index contributed by atoms with van der Waals surface area (Å²) in [7, 11) is 0. The van der Waals surface area contributed by atoms with Crippen molar-refractivity contribution in [2.45, 2.75) is 32.6 Å². The van der Waals surface area contributed by atoms with Crippen LogP contribution in [0, 0.1) is 5.41 Å². The first-order chi connectivity index (χ1) is 8.15. The number of hydrogen-bond donors (Lipinski definition) is 1. The smallest absolute Gasteiger partial charge is 0.271 e. The van der Waals surface area contributed by atoms with Crippen LogP contribution in [0.15, 0.2) is 12.1 Å². The van der Waals surface area contributed by atoms with Gasteiger partial charge in [0, 0.05) is 6.54 Å². The minimum Gasteiger partial charge on any atom is -0.350 e. The second-order valence-electron chi connectivity index (χ2n) is 4.63. The summed E-state index contributed by atoms with van der Waals surface area (Å²) >= 11 is 5.61. The van der Waals surface area contributed by atoms with Crippen LogP contribution in [0.4, 0.5) is 0 Å². The number of carbonyl (C=O) groups is 1. The predicted molar refractivity (Wildman–Crippen MR) is 66.0 cm³/mol. The summed E-state index contributed by atoms with van der Waals surface area (Å²) in [6, 6.07) is 3.16. The van der Waals surface area contributed by atoms with Crippen LogP contribution in [0.3, 0.4) is 0 Å². The zero-order chi connectivity index (χ0) is 12.3. The molecule has 0 unspecified atom stereocenters. The Hall–Kier alpha value is -1.16. The van der Waals surface area contributed by atoms with E-state index in [9.17, 15) is 4.79 Å². The maximum absolute atomic E-state index is 11.8. The van der Waals surface area contributed by atoms with Gasteiger partial charge in [0.2, 0.25) is 0 Å². The molecule has 17 heavy (non-hydrogen) atoms. The first-order valence-corrected chi connectivity index (χ1v) is 6.30. The molecule has 0 bridgehead atoms. The van der Waals surface area contributed by atoms with Crippen LogP contribution in [-0.4, -0.2) is 22.6 Å². The lowest BCUT2D eigenvalue weighted by atomic mass is 9.67. The van der Waals surface area contributed by atoms with Crippen molar-refractivity contribution in [3.05, 3.63) is 23.0 Å². The molecule has 0 radical (unpaired) electrons. The number of nitrogens with one attached hydrogen (secondary N) is 1. The van der Waals surface area contributed by atoms with E-state index in [1.165, 1.54) is 19.3 Å². The van der Waals surface area contributed by atoms with E-state index in [1.54, 1.807) is 12.1 Å². The van der Waals surface area contributed by atoms with E-state index >= 15 is 0 Å². The Morgan fingerprint density at radius 3 is 2.71 bits per heavy atom.